The van der Waals surface area contributed by atoms with E-state index in [9.17, 15) is 13.2 Å². The SMILES string of the molecule is Cc1nc(C)c(C)c(N2CCCC(c3nc(C(F)(F)F)cs3)C2)n1. The number of thiazole rings is 1. The molecule has 2 aromatic heterocycles. The van der Waals surface area contributed by atoms with Gasteiger partial charge in [-0.3, -0.25) is 0 Å². The van der Waals surface area contributed by atoms with Crippen LogP contribution < -0.4 is 4.90 Å². The van der Waals surface area contributed by atoms with E-state index >= 15 is 0 Å². The van der Waals surface area contributed by atoms with Crippen LogP contribution in [0.2, 0.25) is 0 Å². The molecule has 3 rings (SSSR count). The Balaban J connectivity index is 1.84. The van der Waals surface area contributed by atoms with Gasteiger partial charge < -0.3 is 4.90 Å². The van der Waals surface area contributed by atoms with Crippen molar-refractivity contribution in [3.63, 3.8) is 0 Å². The molecular weight excluding hydrogens is 337 g/mol. The molecule has 4 nitrogen and oxygen atoms in total. The first-order chi connectivity index (χ1) is 11.3. The minimum Gasteiger partial charge on any atom is -0.356 e. The molecule has 2 aromatic rings. The molecule has 3 heterocycles. The molecule has 0 aliphatic carbocycles. The Hall–Kier alpha value is -1.70. The molecule has 1 atom stereocenters. The standard InChI is InChI=1S/C16H19F3N4S/c1-9-10(2)20-11(3)21-14(9)23-6-4-5-12(7-23)15-22-13(8-24-15)16(17,18)19/h8,12H,4-7H2,1-3H3. The predicted octanol–water partition coefficient (Wildman–Crippen LogP) is 4.26. The molecule has 1 aliphatic heterocycles. The van der Waals surface area contributed by atoms with Crippen molar-refractivity contribution in [3.05, 3.63) is 33.2 Å². The van der Waals surface area contributed by atoms with Gasteiger partial charge >= 0.3 is 6.18 Å². The van der Waals surface area contributed by atoms with Gasteiger partial charge in [-0.05, 0) is 33.6 Å². The summed E-state index contributed by atoms with van der Waals surface area (Å²) in [6, 6.07) is 0. The first kappa shape index (κ1) is 17.1. The average molecular weight is 356 g/mol. The molecule has 1 unspecified atom stereocenters. The molecule has 1 fully saturated rings. The van der Waals surface area contributed by atoms with Gasteiger partial charge in [-0.15, -0.1) is 11.3 Å². The third kappa shape index (κ3) is 3.38. The molecule has 0 bridgehead atoms. The minimum atomic E-state index is -4.37. The van der Waals surface area contributed by atoms with Gasteiger partial charge in [0.25, 0.3) is 0 Å². The van der Waals surface area contributed by atoms with Gasteiger partial charge in [0.05, 0.1) is 5.01 Å². The van der Waals surface area contributed by atoms with Crippen LogP contribution in [0.3, 0.4) is 0 Å². The molecule has 24 heavy (non-hydrogen) atoms. The van der Waals surface area contributed by atoms with Crippen LogP contribution in [0.4, 0.5) is 19.0 Å². The Morgan fingerprint density at radius 2 is 1.92 bits per heavy atom. The lowest BCUT2D eigenvalue weighted by Gasteiger charge is -2.33. The number of hydrogen-bond acceptors (Lipinski definition) is 5. The van der Waals surface area contributed by atoms with Crippen molar-refractivity contribution in [2.24, 2.45) is 0 Å². The van der Waals surface area contributed by atoms with Crippen LogP contribution in [-0.2, 0) is 6.18 Å². The Bertz CT molecular complexity index is 741. The van der Waals surface area contributed by atoms with Crippen molar-refractivity contribution in [1.82, 2.24) is 15.0 Å². The molecule has 0 aromatic carbocycles. The number of hydrogen-bond donors (Lipinski definition) is 0. The molecule has 0 amide bonds. The van der Waals surface area contributed by atoms with Crippen LogP contribution in [0.5, 0.6) is 0 Å². The van der Waals surface area contributed by atoms with Crippen LogP contribution >= 0.6 is 11.3 Å². The summed E-state index contributed by atoms with van der Waals surface area (Å²) < 4.78 is 38.3. The van der Waals surface area contributed by atoms with Crippen molar-refractivity contribution in [3.8, 4) is 0 Å². The zero-order valence-corrected chi connectivity index (χ0v) is 14.6. The maximum atomic E-state index is 12.8. The predicted molar refractivity (Wildman–Crippen MR) is 87.5 cm³/mol. The van der Waals surface area contributed by atoms with E-state index in [1.54, 1.807) is 0 Å². The van der Waals surface area contributed by atoms with E-state index in [2.05, 4.69) is 19.9 Å². The van der Waals surface area contributed by atoms with Gasteiger partial charge in [0.15, 0.2) is 5.69 Å². The Morgan fingerprint density at radius 1 is 1.17 bits per heavy atom. The van der Waals surface area contributed by atoms with Gasteiger partial charge in [-0.2, -0.15) is 13.2 Å². The lowest BCUT2D eigenvalue weighted by molar-refractivity contribution is -0.140. The normalized spacial score (nSPS) is 18.9. The number of halogens is 3. The summed E-state index contributed by atoms with van der Waals surface area (Å²) in [5.41, 5.74) is 1.18. The highest BCUT2D eigenvalue weighted by Gasteiger charge is 2.35. The Labute approximate surface area is 142 Å². The van der Waals surface area contributed by atoms with E-state index in [0.29, 0.717) is 17.4 Å². The molecule has 1 aliphatic rings. The molecule has 130 valence electrons. The molecule has 8 heteroatoms. The molecule has 0 spiro atoms. The highest BCUT2D eigenvalue weighted by Crippen LogP contribution is 2.36. The monoisotopic (exact) mass is 356 g/mol. The summed E-state index contributed by atoms with van der Waals surface area (Å²) in [5.74, 6) is 1.61. The Kier molecular flexibility index (Phi) is 4.50. The van der Waals surface area contributed by atoms with Crippen molar-refractivity contribution >= 4 is 17.2 Å². The summed E-state index contributed by atoms with van der Waals surface area (Å²) in [7, 11) is 0. The minimum absolute atomic E-state index is 0.00910. The topological polar surface area (TPSA) is 41.9 Å². The largest absolute Gasteiger partial charge is 0.434 e. The summed E-state index contributed by atoms with van der Waals surface area (Å²) in [6.45, 7) is 7.28. The second-order valence-electron chi connectivity index (χ2n) is 6.16. The molecule has 0 N–H and O–H groups in total. The molecule has 0 saturated carbocycles. The van der Waals surface area contributed by atoms with E-state index in [1.165, 1.54) is 0 Å². The number of alkyl halides is 3. The molecule has 0 radical (unpaired) electrons. The third-order valence-corrected chi connectivity index (χ3v) is 5.37. The lowest BCUT2D eigenvalue weighted by Crippen LogP contribution is -2.35. The lowest BCUT2D eigenvalue weighted by atomic mass is 9.98. The Morgan fingerprint density at radius 3 is 2.58 bits per heavy atom. The quantitative estimate of drug-likeness (QED) is 0.806. The second kappa shape index (κ2) is 6.31. The maximum Gasteiger partial charge on any atom is 0.434 e. The average Bonchev–Trinajstić information content (AvgIpc) is 3.01. The highest BCUT2D eigenvalue weighted by atomic mass is 32.1. The number of anilines is 1. The molecular formula is C16H19F3N4S. The maximum absolute atomic E-state index is 12.8. The van der Waals surface area contributed by atoms with E-state index in [1.807, 2.05) is 20.8 Å². The number of aromatic nitrogens is 3. The first-order valence-electron chi connectivity index (χ1n) is 7.85. The summed E-state index contributed by atoms with van der Waals surface area (Å²) in [4.78, 5) is 14.9. The number of rotatable bonds is 2. The summed E-state index contributed by atoms with van der Waals surface area (Å²) in [6.07, 6.45) is -2.61. The third-order valence-electron chi connectivity index (χ3n) is 4.36. The van der Waals surface area contributed by atoms with E-state index in [-0.39, 0.29) is 5.92 Å². The fourth-order valence-electron chi connectivity index (χ4n) is 3.03. The van der Waals surface area contributed by atoms with Gasteiger partial charge in [0.1, 0.15) is 11.6 Å². The van der Waals surface area contributed by atoms with Gasteiger partial charge in [0.2, 0.25) is 0 Å². The summed E-state index contributed by atoms with van der Waals surface area (Å²) >= 11 is 1.10. The van der Waals surface area contributed by atoms with Crippen LogP contribution in [0.25, 0.3) is 0 Å². The van der Waals surface area contributed by atoms with E-state index in [4.69, 9.17) is 0 Å². The van der Waals surface area contributed by atoms with Crippen molar-refractivity contribution in [1.29, 1.82) is 0 Å². The van der Waals surface area contributed by atoms with Crippen LogP contribution in [0, 0.1) is 20.8 Å². The summed E-state index contributed by atoms with van der Waals surface area (Å²) in [5, 5.41) is 1.67. The highest BCUT2D eigenvalue weighted by molar-refractivity contribution is 7.09. The van der Waals surface area contributed by atoms with Crippen molar-refractivity contribution in [2.45, 2.75) is 45.7 Å². The van der Waals surface area contributed by atoms with Crippen LogP contribution in [0.15, 0.2) is 5.38 Å². The number of piperidine rings is 1. The first-order valence-corrected chi connectivity index (χ1v) is 8.73. The van der Waals surface area contributed by atoms with Crippen LogP contribution in [0.1, 0.15) is 46.5 Å². The van der Waals surface area contributed by atoms with Crippen molar-refractivity contribution in [2.75, 3.05) is 18.0 Å². The van der Waals surface area contributed by atoms with Gasteiger partial charge in [-0.1, -0.05) is 0 Å². The fraction of sp³-hybridized carbons (Fsp3) is 0.562. The zero-order valence-electron chi connectivity index (χ0n) is 13.8. The zero-order chi connectivity index (χ0) is 17.5. The second-order valence-corrected chi connectivity index (χ2v) is 7.05. The fourth-order valence-corrected chi connectivity index (χ4v) is 3.99. The van der Waals surface area contributed by atoms with E-state index < -0.39 is 11.9 Å². The number of aryl methyl sites for hydroxylation is 2. The van der Waals surface area contributed by atoms with Crippen LogP contribution in [-0.4, -0.2) is 28.0 Å². The van der Waals surface area contributed by atoms with Gasteiger partial charge in [0, 0.05) is 35.6 Å². The molecule has 1 saturated heterocycles. The number of nitrogens with zero attached hydrogens (tertiary/aromatic N) is 4. The smallest absolute Gasteiger partial charge is 0.356 e. The van der Waals surface area contributed by atoms with Gasteiger partial charge in [-0.25, -0.2) is 15.0 Å². The van der Waals surface area contributed by atoms with Crippen molar-refractivity contribution < 1.29 is 13.2 Å². The van der Waals surface area contributed by atoms with E-state index in [0.717, 1.165) is 53.2 Å².